The van der Waals surface area contributed by atoms with E-state index in [4.69, 9.17) is 0 Å². The molecule has 1 amide bonds. The number of anilines is 1. The number of nitrogens with zero attached hydrogens (tertiary/aromatic N) is 3. The summed E-state index contributed by atoms with van der Waals surface area (Å²) in [5.41, 5.74) is 0.556. The van der Waals surface area contributed by atoms with E-state index in [9.17, 15) is 14.9 Å². The maximum absolute atomic E-state index is 11.7. The van der Waals surface area contributed by atoms with Gasteiger partial charge < -0.3 is 0 Å². The Bertz CT molecular complexity index is 696. The van der Waals surface area contributed by atoms with Gasteiger partial charge in [0.25, 0.3) is 5.69 Å². The van der Waals surface area contributed by atoms with Crippen LogP contribution in [0.5, 0.6) is 0 Å². The largest absolute Gasteiger partial charge is 0.297 e. The molecule has 0 aliphatic heterocycles. The highest BCUT2D eigenvalue weighted by Crippen LogP contribution is 2.16. The number of carbonyl (C=O) groups is 1. The van der Waals surface area contributed by atoms with Gasteiger partial charge in [0.15, 0.2) is 0 Å². The van der Waals surface area contributed by atoms with Crippen molar-refractivity contribution in [2.24, 2.45) is 0 Å². The van der Waals surface area contributed by atoms with Crippen molar-refractivity contribution in [3.63, 3.8) is 0 Å². The summed E-state index contributed by atoms with van der Waals surface area (Å²) in [4.78, 5) is 21.9. The predicted octanol–water partition coefficient (Wildman–Crippen LogP) is 2.66. The standard InChI is InChI=1S/C13H12N4O3S/c1-2-12-15-16-13(21-12)14-11(18)7-6-9-4-3-5-10(8-9)17(19)20/h3-8H,2H2,1H3,(H,14,16,18)/b7-6+. The number of hydrogen-bond acceptors (Lipinski definition) is 6. The highest BCUT2D eigenvalue weighted by atomic mass is 32.1. The van der Waals surface area contributed by atoms with Gasteiger partial charge in [0.05, 0.1) is 4.92 Å². The molecule has 21 heavy (non-hydrogen) atoms. The van der Waals surface area contributed by atoms with E-state index in [-0.39, 0.29) is 11.6 Å². The Kier molecular flexibility index (Phi) is 4.72. The third-order valence-corrected chi connectivity index (χ3v) is 3.49. The van der Waals surface area contributed by atoms with E-state index in [2.05, 4.69) is 15.5 Å². The first-order valence-corrected chi connectivity index (χ1v) is 6.96. The zero-order valence-corrected chi connectivity index (χ0v) is 12.0. The van der Waals surface area contributed by atoms with Crippen LogP contribution in [0.1, 0.15) is 17.5 Å². The fraction of sp³-hybridized carbons (Fsp3) is 0.154. The Morgan fingerprint density at radius 3 is 2.95 bits per heavy atom. The molecular weight excluding hydrogens is 292 g/mol. The van der Waals surface area contributed by atoms with E-state index in [1.807, 2.05) is 6.92 Å². The Labute approximate surface area is 124 Å². The number of rotatable bonds is 5. The first-order valence-electron chi connectivity index (χ1n) is 6.14. The first kappa shape index (κ1) is 14.8. The zero-order chi connectivity index (χ0) is 15.2. The summed E-state index contributed by atoms with van der Waals surface area (Å²) in [6, 6.07) is 6.03. The molecule has 0 saturated carbocycles. The van der Waals surface area contributed by atoms with Crippen molar-refractivity contribution >= 4 is 34.1 Å². The van der Waals surface area contributed by atoms with E-state index < -0.39 is 4.92 Å². The van der Waals surface area contributed by atoms with Crippen LogP contribution in [0.2, 0.25) is 0 Å². The Balaban J connectivity index is 2.01. The van der Waals surface area contributed by atoms with Crippen molar-refractivity contribution in [3.05, 3.63) is 51.0 Å². The molecular formula is C13H12N4O3S. The van der Waals surface area contributed by atoms with E-state index in [0.717, 1.165) is 11.4 Å². The van der Waals surface area contributed by atoms with Crippen LogP contribution in [0.25, 0.3) is 6.08 Å². The molecule has 1 N–H and O–H groups in total. The highest BCUT2D eigenvalue weighted by Gasteiger charge is 2.06. The molecule has 2 rings (SSSR count). The van der Waals surface area contributed by atoms with Gasteiger partial charge in [0.2, 0.25) is 11.0 Å². The van der Waals surface area contributed by atoms with Gasteiger partial charge in [-0.1, -0.05) is 30.4 Å². The average molecular weight is 304 g/mol. The van der Waals surface area contributed by atoms with Crippen LogP contribution in [-0.4, -0.2) is 21.0 Å². The van der Waals surface area contributed by atoms with Gasteiger partial charge in [0, 0.05) is 18.2 Å². The fourth-order valence-electron chi connectivity index (χ4n) is 1.51. The van der Waals surface area contributed by atoms with Crippen LogP contribution >= 0.6 is 11.3 Å². The van der Waals surface area contributed by atoms with E-state index in [0.29, 0.717) is 10.7 Å². The van der Waals surface area contributed by atoms with Gasteiger partial charge >= 0.3 is 0 Å². The molecule has 0 fully saturated rings. The quantitative estimate of drug-likeness (QED) is 0.520. The molecule has 0 bridgehead atoms. The predicted molar refractivity (Wildman–Crippen MR) is 80.0 cm³/mol. The number of non-ortho nitro benzene ring substituents is 1. The molecule has 0 radical (unpaired) electrons. The van der Waals surface area contributed by atoms with Crippen LogP contribution < -0.4 is 5.32 Å². The number of nitro benzene ring substituents is 1. The third kappa shape index (κ3) is 4.18. The van der Waals surface area contributed by atoms with Crippen LogP contribution in [0, 0.1) is 10.1 Å². The van der Waals surface area contributed by atoms with Gasteiger partial charge in [0.1, 0.15) is 5.01 Å². The minimum Gasteiger partial charge on any atom is -0.297 e. The second-order valence-corrected chi connectivity index (χ2v) is 5.09. The van der Waals surface area contributed by atoms with Crippen molar-refractivity contribution in [1.82, 2.24) is 10.2 Å². The minimum absolute atomic E-state index is 0.0192. The first-order chi connectivity index (χ1) is 10.1. The minimum atomic E-state index is -0.481. The van der Waals surface area contributed by atoms with Crippen molar-refractivity contribution < 1.29 is 9.72 Å². The molecule has 7 nitrogen and oxygen atoms in total. The lowest BCUT2D eigenvalue weighted by molar-refractivity contribution is -0.384. The topological polar surface area (TPSA) is 98.0 Å². The fourth-order valence-corrected chi connectivity index (χ4v) is 2.19. The number of carbonyl (C=O) groups excluding carboxylic acids is 1. The smallest absolute Gasteiger partial charge is 0.270 e. The summed E-state index contributed by atoms with van der Waals surface area (Å²) in [6.45, 7) is 1.95. The monoisotopic (exact) mass is 304 g/mol. The van der Waals surface area contributed by atoms with Crippen molar-refractivity contribution in [3.8, 4) is 0 Å². The molecule has 0 aliphatic carbocycles. The van der Waals surface area contributed by atoms with Crippen LogP contribution in [-0.2, 0) is 11.2 Å². The maximum atomic E-state index is 11.7. The average Bonchev–Trinajstić information content (AvgIpc) is 2.93. The number of benzene rings is 1. The Morgan fingerprint density at radius 1 is 1.48 bits per heavy atom. The van der Waals surface area contributed by atoms with E-state index in [1.54, 1.807) is 12.1 Å². The van der Waals surface area contributed by atoms with Gasteiger partial charge in [-0.2, -0.15) is 0 Å². The number of nitrogens with one attached hydrogen (secondary N) is 1. The summed E-state index contributed by atoms with van der Waals surface area (Å²) >= 11 is 1.31. The zero-order valence-electron chi connectivity index (χ0n) is 11.1. The van der Waals surface area contributed by atoms with Crippen LogP contribution in [0.15, 0.2) is 30.3 Å². The molecule has 2 aromatic rings. The molecule has 0 spiro atoms. The van der Waals surface area contributed by atoms with Crippen molar-refractivity contribution in [2.75, 3.05) is 5.32 Å². The lowest BCUT2D eigenvalue weighted by atomic mass is 10.2. The van der Waals surface area contributed by atoms with Gasteiger partial charge in [-0.3, -0.25) is 20.2 Å². The second kappa shape index (κ2) is 6.71. The lowest BCUT2D eigenvalue weighted by Crippen LogP contribution is -2.07. The van der Waals surface area contributed by atoms with Gasteiger partial charge in [-0.15, -0.1) is 10.2 Å². The van der Waals surface area contributed by atoms with Crippen LogP contribution in [0.3, 0.4) is 0 Å². The molecule has 1 aromatic carbocycles. The number of aromatic nitrogens is 2. The SMILES string of the molecule is CCc1nnc(NC(=O)/C=C/c2cccc([N+](=O)[O-])c2)s1. The summed E-state index contributed by atoms with van der Waals surface area (Å²) in [5.74, 6) is -0.361. The molecule has 0 unspecified atom stereocenters. The summed E-state index contributed by atoms with van der Waals surface area (Å²) in [6.07, 6.45) is 3.56. The summed E-state index contributed by atoms with van der Waals surface area (Å²) < 4.78 is 0. The van der Waals surface area contributed by atoms with E-state index in [1.165, 1.54) is 35.6 Å². The molecule has 108 valence electrons. The second-order valence-electron chi connectivity index (χ2n) is 4.03. The summed E-state index contributed by atoms with van der Waals surface area (Å²) in [5, 5.41) is 22.2. The number of hydrogen-bond donors (Lipinski definition) is 1. The van der Waals surface area contributed by atoms with Crippen molar-refractivity contribution in [1.29, 1.82) is 0 Å². The number of amides is 1. The normalized spacial score (nSPS) is 10.7. The maximum Gasteiger partial charge on any atom is 0.270 e. The summed E-state index contributed by atoms with van der Waals surface area (Å²) in [7, 11) is 0. The molecule has 8 heteroatoms. The molecule has 1 heterocycles. The third-order valence-electron chi connectivity index (χ3n) is 2.51. The molecule has 1 aromatic heterocycles. The lowest BCUT2D eigenvalue weighted by Gasteiger charge is -1.96. The highest BCUT2D eigenvalue weighted by molar-refractivity contribution is 7.15. The Morgan fingerprint density at radius 2 is 2.29 bits per heavy atom. The van der Waals surface area contributed by atoms with E-state index >= 15 is 0 Å². The molecule has 0 saturated heterocycles. The Hall–Kier alpha value is -2.61. The van der Waals surface area contributed by atoms with Gasteiger partial charge in [-0.05, 0) is 18.1 Å². The number of nitro groups is 1. The van der Waals surface area contributed by atoms with Gasteiger partial charge in [-0.25, -0.2) is 0 Å². The molecule has 0 atom stereocenters. The number of aryl methyl sites for hydroxylation is 1. The van der Waals surface area contributed by atoms with Crippen molar-refractivity contribution in [2.45, 2.75) is 13.3 Å². The van der Waals surface area contributed by atoms with Crippen LogP contribution in [0.4, 0.5) is 10.8 Å². The molecule has 0 aliphatic rings.